The quantitative estimate of drug-likeness (QED) is 0.747. The van der Waals surface area contributed by atoms with Crippen LogP contribution in [0.4, 0.5) is 5.13 Å². The Bertz CT molecular complexity index is 527. The molecule has 1 unspecified atom stereocenters. The molecule has 6 nitrogen and oxygen atoms in total. The molecule has 20 heavy (non-hydrogen) atoms. The van der Waals surface area contributed by atoms with Gasteiger partial charge >= 0.3 is 0 Å². The molecular formula is C12H19N5OS2. The van der Waals surface area contributed by atoms with E-state index in [9.17, 15) is 0 Å². The molecule has 0 aliphatic heterocycles. The second-order valence-electron chi connectivity index (χ2n) is 4.36. The van der Waals surface area contributed by atoms with Crippen LogP contribution in [0.15, 0.2) is 8.86 Å². The van der Waals surface area contributed by atoms with Gasteiger partial charge in [-0.2, -0.15) is 4.98 Å². The number of nitrogens with one attached hydrogen (secondary N) is 1. The van der Waals surface area contributed by atoms with E-state index < -0.39 is 0 Å². The molecule has 0 bridgehead atoms. The Morgan fingerprint density at radius 1 is 1.30 bits per heavy atom. The highest BCUT2D eigenvalue weighted by Gasteiger charge is 2.17. The highest BCUT2D eigenvalue weighted by molar-refractivity contribution is 8.01. The van der Waals surface area contributed by atoms with Crippen LogP contribution in [0, 0.1) is 0 Å². The second kappa shape index (κ2) is 7.58. The fourth-order valence-electron chi connectivity index (χ4n) is 1.52. The predicted molar refractivity (Wildman–Crippen MR) is 81.3 cm³/mol. The van der Waals surface area contributed by atoms with E-state index in [4.69, 9.17) is 4.52 Å². The van der Waals surface area contributed by atoms with Crippen molar-refractivity contribution in [3.05, 3.63) is 11.7 Å². The molecule has 0 saturated heterocycles. The molecule has 1 N–H and O–H groups in total. The van der Waals surface area contributed by atoms with Crippen molar-refractivity contribution < 1.29 is 4.52 Å². The van der Waals surface area contributed by atoms with Gasteiger partial charge in [-0.15, -0.1) is 10.2 Å². The number of hydrogen-bond donors (Lipinski definition) is 1. The summed E-state index contributed by atoms with van der Waals surface area (Å²) < 4.78 is 6.19. The van der Waals surface area contributed by atoms with Crippen LogP contribution in [0.1, 0.15) is 50.6 Å². The minimum absolute atomic E-state index is 0.0834. The summed E-state index contributed by atoms with van der Waals surface area (Å²) in [6.45, 7) is 7.17. The average molecular weight is 313 g/mol. The molecule has 0 fully saturated rings. The molecule has 2 heterocycles. The molecule has 2 aromatic heterocycles. The van der Waals surface area contributed by atoms with E-state index in [1.807, 2.05) is 6.92 Å². The van der Waals surface area contributed by atoms with Gasteiger partial charge in [-0.1, -0.05) is 42.1 Å². The van der Waals surface area contributed by atoms with E-state index in [0.717, 1.165) is 41.1 Å². The van der Waals surface area contributed by atoms with Crippen molar-refractivity contribution in [2.24, 2.45) is 0 Å². The number of anilines is 1. The Morgan fingerprint density at radius 3 is 2.90 bits per heavy atom. The summed E-state index contributed by atoms with van der Waals surface area (Å²) in [6.07, 6.45) is 2.94. The second-order valence-corrected chi connectivity index (χ2v) is 6.92. The van der Waals surface area contributed by atoms with Crippen molar-refractivity contribution in [1.82, 2.24) is 20.3 Å². The molecular weight excluding hydrogens is 294 g/mol. The Labute approximate surface area is 126 Å². The first-order valence-electron chi connectivity index (χ1n) is 6.79. The largest absolute Gasteiger partial charge is 0.360 e. The van der Waals surface area contributed by atoms with Crippen molar-refractivity contribution in [1.29, 1.82) is 0 Å². The summed E-state index contributed by atoms with van der Waals surface area (Å²) >= 11 is 3.14. The fraction of sp³-hybridized carbons (Fsp3) is 0.667. The van der Waals surface area contributed by atoms with Crippen molar-refractivity contribution in [2.45, 2.75) is 49.6 Å². The molecule has 8 heteroatoms. The van der Waals surface area contributed by atoms with Crippen LogP contribution in [0.25, 0.3) is 0 Å². The Hall–Kier alpha value is -1.15. The number of thioether (sulfide) groups is 1. The molecule has 2 aromatic rings. The van der Waals surface area contributed by atoms with Gasteiger partial charge in [-0.05, 0) is 19.8 Å². The van der Waals surface area contributed by atoms with Crippen LogP contribution >= 0.6 is 23.1 Å². The maximum absolute atomic E-state index is 5.28. The normalized spacial score (nSPS) is 12.6. The lowest BCUT2D eigenvalue weighted by Gasteiger charge is -2.01. The van der Waals surface area contributed by atoms with Crippen LogP contribution < -0.4 is 5.32 Å². The molecule has 110 valence electrons. The van der Waals surface area contributed by atoms with E-state index in [0.29, 0.717) is 5.89 Å². The highest BCUT2D eigenvalue weighted by Crippen LogP contribution is 2.36. The van der Waals surface area contributed by atoms with E-state index in [2.05, 4.69) is 39.5 Å². The van der Waals surface area contributed by atoms with Gasteiger partial charge in [0.05, 0.1) is 5.25 Å². The van der Waals surface area contributed by atoms with E-state index in [-0.39, 0.29) is 5.25 Å². The zero-order valence-electron chi connectivity index (χ0n) is 11.9. The molecule has 0 amide bonds. The van der Waals surface area contributed by atoms with Crippen LogP contribution in [-0.4, -0.2) is 26.9 Å². The Kier molecular flexibility index (Phi) is 5.78. The first-order chi connectivity index (χ1) is 9.72. The van der Waals surface area contributed by atoms with Gasteiger partial charge in [-0.3, -0.25) is 0 Å². The summed E-state index contributed by atoms with van der Waals surface area (Å²) in [5.41, 5.74) is 0. The van der Waals surface area contributed by atoms with Gasteiger partial charge in [0, 0.05) is 13.0 Å². The number of hydrogen-bond acceptors (Lipinski definition) is 8. The Balaban J connectivity index is 1.92. The summed E-state index contributed by atoms with van der Waals surface area (Å²) in [5.74, 6) is 1.43. The van der Waals surface area contributed by atoms with Crippen molar-refractivity contribution in [3.8, 4) is 0 Å². The number of aryl methyl sites for hydroxylation is 1. The van der Waals surface area contributed by atoms with Gasteiger partial charge in [-0.25, -0.2) is 0 Å². The molecule has 0 aliphatic carbocycles. The van der Waals surface area contributed by atoms with Gasteiger partial charge in [0.25, 0.3) is 0 Å². The van der Waals surface area contributed by atoms with Crippen LogP contribution in [0.5, 0.6) is 0 Å². The van der Waals surface area contributed by atoms with Gasteiger partial charge < -0.3 is 9.84 Å². The number of aromatic nitrogens is 4. The molecule has 0 aliphatic rings. The third-order valence-electron chi connectivity index (χ3n) is 2.52. The van der Waals surface area contributed by atoms with Crippen molar-refractivity contribution in [3.63, 3.8) is 0 Å². The molecule has 0 spiro atoms. The third kappa shape index (κ3) is 4.17. The fourth-order valence-corrected chi connectivity index (χ4v) is 3.47. The molecule has 1 atom stereocenters. The lowest BCUT2D eigenvalue weighted by Crippen LogP contribution is -1.98. The lowest BCUT2D eigenvalue weighted by molar-refractivity contribution is 0.374. The predicted octanol–water partition coefficient (Wildman–Crippen LogP) is 3.55. The topological polar surface area (TPSA) is 76.7 Å². The van der Waals surface area contributed by atoms with Crippen molar-refractivity contribution in [2.75, 3.05) is 11.9 Å². The van der Waals surface area contributed by atoms with Gasteiger partial charge in [0.2, 0.25) is 11.0 Å². The van der Waals surface area contributed by atoms with Crippen LogP contribution in [0.2, 0.25) is 0 Å². The summed E-state index contributed by atoms with van der Waals surface area (Å²) in [4.78, 5) is 4.39. The first kappa shape index (κ1) is 15.2. The van der Waals surface area contributed by atoms with Gasteiger partial charge in [0.1, 0.15) is 0 Å². The number of nitrogens with zero attached hydrogens (tertiary/aromatic N) is 4. The molecule has 2 rings (SSSR count). The number of rotatable bonds is 8. The molecule has 0 saturated carbocycles. The first-order valence-corrected chi connectivity index (χ1v) is 8.49. The van der Waals surface area contributed by atoms with E-state index in [1.54, 1.807) is 23.1 Å². The standard InChI is InChI=1S/C12H19N5OS2/c1-4-6-9-14-10(18-17-9)8(3)19-12-16-15-11(20-12)13-7-5-2/h8H,4-7H2,1-3H3,(H,13,15). The maximum Gasteiger partial charge on any atom is 0.239 e. The lowest BCUT2D eigenvalue weighted by atomic mass is 10.3. The monoisotopic (exact) mass is 313 g/mol. The van der Waals surface area contributed by atoms with Crippen LogP contribution in [0.3, 0.4) is 0 Å². The maximum atomic E-state index is 5.28. The molecule has 0 aromatic carbocycles. The zero-order chi connectivity index (χ0) is 14.4. The minimum Gasteiger partial charge on any atom is -0.360 e. The summed E-state index contributed by atoms with van der Waals surface area (Å²) in [5, 5.41) is 16.4. The van der Waals surface area contributed by atoms with Gasteiger partial charge in [0.15, 0.2) is 10.2 Å². The van der Waals surface area contributed by atoms with Crippen molar-refractivity contribution >= 4 is 28.2 Å². The zero-order valence-corrected chi connectivity index (χ0v) is 13.6. The smallest absolute Gasteiger partial charge is 0.239 e. The molecule has 0 radical (unpaired) electrons. The highest BCUT2D eigenvalue weighted by atomic mass is 32.2. The van der Waals surface area contributed by atoms with E-state index >= 15 is 0 Å². The van der Waals surface area contributed by atoms with Crippen LogP contribution in [-0.2, 0) is 6.42 Å². The average Bonchev–Trinajstić information content (AvgIpc) is 3.06. The third-order valence-corrected chi connectivity index (χ3v) is 4.57. The SMILES string of the molecule is CCCNc1nnc(SC(C)c2nc(CCC)no2)s1. The summed E-state index contributed by atoms with van der Waals surface area (Å²) in [7, 11) is 0. The minimum atomic E-state index is 0.0834. The Morgan fingerprint density at radius 2 is 2.15 bits per heavy atom. The van der Waals surface area contributed by atoms with E-state index in [1.165, 1.54) is 0 Å². The summed E-state index contributed by atoms with van der Waals surface area (Å²) in [6, 6.07) is 0.